The quantitative estimate of drug-likeness (QED) is 0.420. The summed E-state index contributed by atoms with van der Waals surface area (Å²) in [5.41, 5.74) is 0.829. The molecule has 1 aromatic carbocycles. The molecule has 0 radical (unpaired) electrons. The smallest absolute Gasteiger partial charge is 0.253 e. The predicted octanol–water partition coefficient (Wildman–Crippen LogP) is 5.21. The van der Waals surface area contributed by atoms with Crippen LogP contribution >= 0.6 is 22.7 Å². The summed E-state index contributed by atoms with van der Waals surface area (Å²) in [6.07, 6.45) is 4.99. The van der Waals surface area contributed by atoms with Crippen molar-refractivity contribution in [3.63, 3.8) is 0 Å². The van der Waals surface area contributed by atoms with E-state index >= 15 is 0 Å². The molecule has 1 amide bonds. The van der Waals surface area contributed by atoms with Crippen LogP contribution in [0.1, 0.15) is 10.6 Å². The maximum atomic E-state index is 12.9. The van der Waals surface area contributed by atoms with E-state index in [9.17, 15) is 4.79 Å². The zero-order valence-electron chi connectivity index (χ0n) is 14.5. The van der Waals surface area contributed by atoms with Crippen molar-refractivity contribution < 1.29 is 13.9 Å². The van der Waals surface area contributed by atoms with Gasteiger partial charge in [-0.2, -0.15) is 0 Å². The van der Waals surface area contributed by atoms with Crippen LogP contribution in [0.4, 0.5) is 5.13 Å². The Balaban J connectivity index is 1.67. The molecule has 4 aromatic rings. The lowest BCUT2D eigenvalue weighted by Crippen LogP contribution is -2.28. The van der Waals surface area contributed by atoms with Crippen LogP contribution in [0.2, 0.25) is 0 Å². The van der Waals surface area contributed by atoms with Crippen molar-refractivity contribution in [1.29, 1.82) is 0 Å². The Morgan fingerprint density at radius 2 is 2.22 bits per heavy atom. The number of furan rings is 1. The number of aromatic nitrogens is 1. The van der Waals surface area contributed by atoms with E-state index < -0.39 is 0 Å². The highest BCUT2D eigenvalue weighted by molar-refractivity contribution is 7.22. The highest BCUT2D eigenvalue weighted by atomic mass is 32.1. The van der Waals surface area contributed by atoms with Crippen molar-refractivity contribution >= 4 is 50.0 Å². The van der Waals surface area contributed by atoms with Crippen LogP contribution in [0.25, 0.3) is 16.3 Å². The minimum atomic E-state index is -0.147. The first-order valence-corrected chi connectivity index (χ1v) is 9.92. The van der Waals surface area contributed by atoms with E-state index in [-0.39, 0.29) is 5.91 Å². The summed E-state index contributed by atoms with van der Waals surface area (Å²) < 4.78 is 11.7. The van der Waals surface area contributed by atoms with Crippen LogP contribution in [-0.2, 0) is 11.3 Å². The molecule has 3 aromatic heterocycles. The molecule has 7 heteroatoms. The van der Waals surface area contributed by atoms with Crippen molar-refractivity contribution in [2.24, 2.45) is 0 Å². The number of hydrogen-bond donors (Lipinski definition) is 0. The second-order valence-corrected chi connectivity index (χ2v) is 7.67. The molecular formula is C20H16N2O3S2. The van der Waals surface area contributed by atoms with Gasteiger partial charge in [-0.25, -0.2) is 4.98 Å². The fourth-order valence-electron chi connectivity index (χ4n) is 2.56. The Labute approximate surface area is 164 Å². The number of hydrogen-bond acceptors (Lipinski definition) is 6. The lowest BCUT2D eigenvalue weighted by atomic mass is 10.3. The van der Waals surface area contributed by atoms with E-state index in [2.05, 4.69) is 4.98 Å². The molecule has 0 atom stereocenters. The van der Waals surface area contributed by atoms with Gasteiger partial charge in [0.1, 0.15) is 11.5 Å². The number of thiophene rings is 1. The number of carbonyl (C=O) groups is 1. The van der Waals surface area contributed by atoms with Gasteiger partial charge in [-0.3, -0.25) is 9.69 Å². The maximum absolute atomic E-state index is 12.9. The van der Waals surface area contributed by atoms with E-state index in [1.807, 2.05) is 53.9 Å². The average Bonchev–Trinajstić information content (AvgIpc) is 3.45. The average molecular weight is 396 g/mol. The number of thiazole rings is 1. The van der Waals surface area contributed by atoms with E-state index in [1.165, 1.54) is 11.3 Å². The summed E-state index contributed by atoms with van der Waals surface area (Å²) in [5.74, 6) is 1.31. The Hall–Kier alpha value is -2.90. The Kier molecular flexibility index (Phi) is 5.04. The van der Waals surface area contributed by atoms with Crippen LogP contribution < -0.4 is 9.64 Å². The van der Waals surface area contributed by atoms with Crippen molar-refractivity contribution in [3.05, 3.63) is 70.8 Å². The topological polar surface area (TPSA) is 55.6 Å². The largest absolute Gasteiger partial charge is 0.497 e. The molecule has 3 heterocycles. The third-order valence-corrected chi connectivity index (χ3v) is 5.79. The zero-order chi connectivity index (χ0) is 18.6. The van der Waals surface area contributed by atoms with E-state index in [4.69, 9.17) is 9.15 Å². The molecule has 0 N–H and O–H groups in total. The second kappa shape index (κ2) is 7.77. The van der Waals surface area contributed by atoms with Crippen molar-refractivity contribution in [1.82, 2.24) is 4.98 Å². The molecule has 0 fully saturated rings. The molecule has 0 saturated carbocycles. The third-order valence-electron chi connectivity index (χ3n) is 3.91. The minimum Gasteiger partial charge on any atom is -0.497 e. The van der Waals surface area contributed by atoms with Crippen LogP contribution in [-0.4, -0.2) is 18.0 Å². The first-order chi connectivity index (χ1) is 13.2. The summed E-state index contributed by atoms with van der Waals surface area (Å²) in [4.78, 5) is 20.2. The van der Waals surface area contributed by atoms with Gasteiger partial charge in [0.25, 0.3) is 5.91 Å². The van der Waals surface area contributed by atoms with Gasteiger partial charge in [-0.05, 0) is 47.9 Å². The number of carbonyl (C=O) groups excluding carboxylic acids is 1. The van der Waals surface area contributed by atoms with Crippen LogP contribution in [0.15, 0.2) is 64.6 Å². The van der Waals surface area contributed by atoms with Gasteiger partial charge in [0.05, 0.1) is 30.1 Å². The van der Waals surface area contributed by atoms with Crippen LogP contribution in [0, 0.1) is 0 Å². The molecule has 0 bridgehead atoms. The van der Waals surface area contributed by atoms with Gasteiger partial charge < -0.3 is 9.15 Å². The van der Waals surface area contributed by atoms with Gasteiger partial charge in [0.2, 0.25) is 0 Å². The lowest BCUT2D eigenvalue weighted by Gasteiger charge is -2.16. The highest BCUT2D eigenvalue weighted by Gasteiger charge is 2.19. The van der Waals surface area contributed by atoms with Crippen molar-refractivity contribution in [2.45, 2.75) is 6.54 Å². The molecular weight excluding hydrogens is 380 g/mol. The number of rotatable bonds is 6. The highest BCUT2D eigenvalue weighted by Crippen LogP contribution is 2.32. The zero-order valence-corrected chi connectivity index (χ0v) is 16.1. The van der Waals surface area contributed by atoms with Crippen LogP contribution in [0.5, 0.6) is 5.75 Å². The molecule has 0 aliphatic carbocycles. The molecule has 4 rings (SSSR count). The molecule has 0 saturated heterocycles. The first-order valence-electron chi connectivity index (χ1n) is 8.23. The third kappa shape index (κ3) is 3.94. The lowest BCUT2D eigenvalue weighted by molar-refractivity contribution is -0.114. The molecule has 27 heavy (non-hydrogen) atoms. The summed E-state index contributed by atoms with van der Waals surface area (Å²) in [6.45, 7) is 0.317. The van der Waals surface area contributed by atoms with Gasteiger partial charge in [0, 0.05) is 11.0 Å². The standard InChI is InChI=1S/C20H16N2O3S2/c1-24-14-6-8-17-18(12-14)27-20(21-17)22(13-15-4-2-10-25-15)19(23)9-7-16-5-3-11-26-16/h2-12H,13H2,1H3/b9-7+. The number of ether oxygens (including phenoxy) is 1. The first kappa shape index (κ1) is 17.5. The second-order valence-electron chi connectivity index (χ2n) is 5.68. The number of methoxy groups -OCH3 is 1. The number of fused-ring (bicyclic) bond motifs is 1. The summed E-state index contributed by atoms with van der Waals surface area (Å²) in [6, 6.07) is 13.3. The monoisotopic (exact) mass is 396 g/mol. The SMILES string of the molecule is COc1ccc2nc(N(Cc3ccco3)C(=O)/C=C/c3cccs3)sc2c1. The molecule has 136 valence electrons. The van der Waals surface area contributed by atoms with Gasteiger partial charge in [-0.1, -0.05) is 17.4 Å². The van der Waals surface area contributed by atoms with E-state index in [0.717, 1.165) is 20.8 Å². The van der Waals surface area contributed by atoms with Crippen molar-refractivity contribution in [3.8, 4) is 5.75 Å². The number of amides is 1. The number of benzene rings is 1. The summed E-state index contributed by atoms with van der Waals surface area (Å²) in [7, 11) is 1.63. The fraction of sp³-hybridized carbons (Fsp3) is 0.100. The molecule has 0 aliphatic heterocycles. The number of nitrogens with zero attached hydrogens (tertiary/aromatic N) is 2. The van der Waals surface area contributed by atoms with Gasteiger partial charge in [-0.15, -0.1) is 11.3 Å². The Morgan fingerprint density at radius 3 is 2.96 bits per heavy atom. The Morgan fingerprint density at radius 1 is 1.30 bits per heavy atom. The molecule has 0 spiro atoms. The number of anilines is 1. The van der Waals surface area contributed by atoms with Crippen molar-refractivity contribution in [2.75, 3.05) is 12.0 Å². The molecule has 0 unspecified atom stereocenters. The Bertz CT molecular complexity index is 1070. The summed E-state index contributed by atoms with van der Waals surface area (Å²) >= 11 is 3.03. The predicted molar refractivity (Wildman–Crippen MR) is 109 cm³/mol. The van der Waals surface area contributed by atoms with Gasteiger partial charge >= 0.3 is 0 Å². The van der Waals surface area contributed by atoms with Crippen LogP contribution in [0.3, 0.4) is 0 Å². The minimum absolute atomic E-state index is 0.147. The molecule has 0 aliphatic rings. The molecule has 5 nitrogen and oxygen atoms in total. The van der Waals surface area contributed by atoms with Gasteiger partial charge in [0.15, 0.2) is 5.13 Å². The normalized spacial score (nSPS) is 11.3. The fourth-order valence-corrected chi connectivity index (χ4v) is 4.18. The van der Waals surface area contributed by atoms with E-state index in [1.54, 1.807) is 35.7 Å². The maximum Gasteiger partial charge on any atom is 0.253 e. The summed E-state index contributed by atoms with van der Waals surface area (Å²) in [5, 5.41) is 2.60. The van der Waals surface area contributed by atoms with E-state index in [0.29, 0.717) is 17.4 Å².